The molecule has 0 heterocycles. The molecular formula is C18H37NO2. The SMILES string of the molecule is CCCCCCCCCCCC(=O)OCCCCN(C)C. The summed E-state index contributed by atoms with van der Waals surface area (Å²) in [5, 5.41) is 0. The van der Waals surface area contributed by atoms with Crippen molar-refractivity contribution in [2.24, 2.45) is 0 Å². The van der Waals surface area contributed by atoms with Crippen LogP contribution in [0.3, 0.4) is 0 Å². The van der Waals surface area contributed by atoms with Gasteiger partial charge >= 0.3 is 5.97 Å². The molecule has 0 aromatic heterocycles. The molecule has 0 atom stereocenters. The van der Waals surface area contributed by atoms with Gasteiger partial charge in [-0.05, 0) is 39.9 Å². The summed E-state index contributed by atoms with van der Waals surface area (Å²) < 4.78 is 5.24. The standard InChI is InChI=1S/C18H37NO2/c1-4-5-6-7-8-9-10-11-12-15-18(20)21-17-14-13-16-19(2)3/h4-17H2,1-3H3. The van der Waals surface area contributed by atoms with Crippen LogP contribution < -0.4 is 0 Å². The molecule has 21 heavy (non-hydrogen) atoms. The van der Waals surface area contributed by atoms with Gasteiger partial charge in [0.15, 0.2) is 0 Å². The zero-order valence-electron chi connectivity index (χ0n) is 14.7. The summed E-state index contributed by atoms with van der Waals surface area (Å²) in [5.74, 6) is -0.0113. The molecule has 0 saturated carbocycles. The molecule has 3 heteroatoms. The Labute approximate surface area is 132 Å². The van der Waals surface area contributed by atoms with Crippen molar-refractivity contribution in [2.45, 2.75) is 84.0 Å². The number of carbonyl (C=O) groups excluding carboxylic acids is 1. The van der Waals surface area contributed by atoms with E-state index >= 15 is 0 Å². The third-order valence-corrected chi connectivity index (χ3v) is 3.75. The Kier molecular flexibility index (Phi) is 15.4. The first kappa shape index (κ1) is 20.4. The summed E-state index contributed by atoms with van der Waals surface area (Å²) in [6, 6.07) is 0. The molecule has 0 fully saturated rings. The lowest BCUT2D eigenvalue weighted by Crippen LogP contribution is -2.14. The number of carbonyl (C=O) groups is 1. The van der Waals surface area contributed by atoms with Crippen molar-refractivity contribution >= 4 is 5.97 Å². The van der Waals surface area contributed by atoms with E-state index < -0.39 is 0 Å². The van der Waals surface area contributed by atoms with Crippen molar-refractivity contribution in [3.05, 3.63) is 0 Å². The summed E-state index contributed by atoms with van der Waals surface area (Å²) in [7, 11) is 4.13. The van der Waals surface area contributed by atoms with Gasteiger partial charge in [0.1, 0.15) is 0 Å². The lowest BCUT2D eigenvalue weighted by Gasteiger charge is -2.09. The molecule has 0 unspecified atom stereocenters. The number of esters is 1. The van der Waals surface area contributed by atoms with Gasteiger partial charge in [0.2, 0.25) is 0 Å². The van der Waals surface area contributed by atoms with Crippen LogP contribution in [0.2, 0.25) is 0 Å². The van der Waals surface area contributed by atoms with Crippen molar-refractivity contribution in [3.8, 4) is 0 Å². The van der Waals surface area contributed by atoms with Crippen LogP contribution in [0.4, 0.5) is 0 Å². The zero-order chi connectivity index (χ0) is 15.8. The Bertz CT molecular complexity index is 229. The second-order valence-electron chi connectivity index (χ2n) is 6.31. The lowest BCUT2D eigenvalue weighted by atomic mass is 10.1. The first-order valence-corrected chi connectivity index (χ1v) is 8.97. The van der Waals surface area contributed by atoms with E-state index in [2.05, 4.69) is 25.9 Å². The van der Waals surface area contributed by atoms with E-state index in [0.717, 1.165) is 25.8 Å². The van der Waals surface area contributed by atoms with Crippen LogP contribution in [-0.2, 0) is 9.53 Å². The fourth-order valence-electron chi connectivity index (χ4n) is 2.37. The Morgan fingerprint density at radius 1 is 0.810 bits per heavy atom. The molecule has 3 nitrogen and oxygen atoms in total. The van der Waals surface area contributed by atoms with Gasteiger partial charge in [0, 0.05) is 6.42 Å². The summed E-state index contributed by atoms with van der Waals surface area (Å²) in [4.78, 5) is 13.7. The smallest absolute Gasteiger partial charge is 0.305 e. The largest absolute Gasteiger partial charge is 0.466 e. The number of unbranched alkanes of at least 4 members (excludes halogenated alkanes) is 9. The zero-order valence-corrected chi connectivity index (χ0v) is 14.7. The van der Waals surface area contributed by atoms with Crippen LogP contribution in [-0.4, -0.2) is 38.1 Å². The number of hydrogen-bond acceptors (Lipinski definition) is 3. The van der Waals surface area contributed by atoms with Gasteiger partial charge in [-0.15, -0.1) is 0 Å². The van der Waals surface area contributed by atoms with Gasteiger partial charge < -0.3 is 9.64 Å². The quantitative estimate of drug-likeness (QED) is 0.321. The molecule has 0 aliphatic carbocycles. The molecule has 0 radical (unpaired) electrons. The van der Waals surface area contributed by atoms with Crippen LogP contribution in [0.5, 0.6) is 0 Å². The molecule has 0 bridgehead atoms. The van der Waals surface area contributed by atoms with Crippen LogP contribution >= 0.6 is 0 Å². The van der Waals surface area contributed by atoms with Gasteiger partial charge in [0.05, 0.1) is 6.61 Å². The maximum Gasteiger partial charge on any atom is 0.305 e. The van der Waals surface area contributed by atoms with Crippen LogP contribution in [0.15, 0.2) is 0 Å². The maximum absolute atomic E-state index is 11.5. The highest BCUT2D eigenvalue weighted by Crippen LogP contribution is 2.10. The van der Waals surface area contributed by atoms with Gasteiger partial charge in [-0.25, -0.2) is 0 Å². The van der Waals surface area contributed by atoms with Gasteiger partial charge in [-0.2, -0.15) is 0 Å². The van der Waals surface area contributed by atoms with Crippen LogP contribution in [0.25, 0.3) is 0 Å². The van der Waals surface area contributed by atoms with E-state index in [9.17, 15) is 4.79 Å². The Morgan fingerprint density at radius 2 is 1.38 bits per heavy atom. The number of nitrogens with zero attached hydrogens (tertiary/aromatic N) is 1. The number of ether oxygens (including phenoxy) is 1. The molecule has 0 aromatic carbocycles. The van der Waals surface area contributed by atoms with E-state index in [0.29, 0.717) is 13.0 Å². The molecule has 0 aliphatic heterocycles. The first-order chi connectivity index (χ1) is 10.2. The lowest BCUT2D eigenvalue weighted by molar-refractivity contribution is -0.143. The normalized spacial score (nSPS) is 11.0. The van der Waals surface area contributed by atoms with Crippen LogP contribution in [0, 0.1) is 0 Å². The van der Waals surface area contributed by atoms with E-state index in [1.165, 1.54) is 51.4 Å². The highest BCUT2D eigenvalue weighted by molar-refractivity contribution is 5.69. The number of hydrogen-bond donors (Lipinski definition) is 0. The fourth-order valence-corrected chi connectivity index (χ4v) is 2.37. The summed E-state index contributed by atoms with van der Waals surface area (Å²) in [6.45, 7) is 3.90. The van der Waals surface area contributed by atoms with Crippen molar-refractivity contribution < 1.29 is 9.53 Å². The van der Waals surface area contributed by atoms with Crippen molar-refractivity contribution in [1.82, 2.24) is 4.90 Å². The summed E-state index contributed by atoms with van der Waals surface area (Å²) >= 11 is 0. The first-order valence-electron chi connectivity index (χ1n) is 8.97. The molecular weight excluding hydrogens is 262 g/mol. The Morgan fingerprint density at radius 3 is 1.95 bits per heavy atom. The van der Waals surface area contributed by atoms with E-state index in [4.69, 9.17) is 4.74 Å². The van der Waals surface area contributed by atoms with E-state index in [1.807, 2.05) is 0 Å². The molecule has 0 spiro atoms. The topological polar surface area (TPSA) is 29.5 Å². The number of rotatable bonds is 15. The monoisotopic (exact) mass is 299 g/mol. The predicted molar refractivity (Wildman–Crippen MR) is 90.6 cm³/mol. The minimum Gasteiger partial charge on any atom is -0.466 e. The Balaban J connectivity index is 3.16. The second kappa shape index (κ2) is 15.8. The highest BCUT2D eigenvalue weighted by atomic mass is 16.5. The minimum atomic E-state index is -0.0113. The van der Waals surface area contributed by atoms with E-state index in [1.54, 1.807) is 0 Å². The van der Waals surface area contributed by atoms with E-state index in [-0.39, 0.29) is 5.97 Å². The van der Waals surface area contributed by atoms with Crippen molar-refractivity contribution in [3.63, 3.8) is 0 Å². The molecule has 0 aromatic rings. The average Bonchev–Trinajstić information content (AvgIpc) is 2.45. The summed E-state index contributed by atoms with van der Waals surface area (Å²) in [6.07, 6.45) is 14.2. The molecule has 126 valence electrons. The maximum atomic E-state index is 11.5. The third kappa shape index (κ3) is 17.4. The van der Waals surface area contributed by atoms with Gasteiger partial charge in [-0.1, -0.05) is 58.3 Å². The van der Waals surface area contributed by atoms with Crippen molar-refractivity contribution in [2.75, 3.05) is 27.2 Å². The average molecular weight is 299 g/mol. The molecule has 0 aliphatic rings. The minimum absolute atomic E-state index is 0.0113. The second-order valence-corrected chi connectivity index (χ2v) is 6.31. The Hall–Kier alpha value is -0.570. The van der Waals surface area contributed by atoms with Crippen molar-refractivity contribution in [1.29, 1.82) is 0 Å². The molecule has 0 rings (SSSR count). The summed E-state index contributed by atoms with van der Waals surface area (Å²) in [5.41, 5.74) is 0. The predicted octanol–water partition coefficient (Wildman–Crippen LogP) is 4.79. The fraction of sp³-hybridized carbons (Fsp3) is 0.944. The van der Waals surface area contributed by atoms with Crippen LogP contribution in [0.1, 0.15) is 84.0 Å². The molecule has 0 N–H and O–H groups in total. The van der Waals surface area contributed by atoms with Gasteiger partial charge in [-0.3, -0.25) is 4.79 Å². The highest BCUT2D eigenvalue weighted by Gasteiger charge is 2.02. The third-order valence-electron chi connectivity index (χ3n) is 3.75. The van der Waals surface area contributed by atoms with Gasteiger partial charge in [0.25, 0.3) is 0 Å². The molecule has 0 amide bonds. The molecule has 0 saturated heterocycles.